The number of amides is 2. The van der Waals surface area contributed by atoms with Gasteiger partial charge in [-0.2, -0.15) is 0 Å². The molecular formula is C23H23ClF2N2O3. The third kappa shape index (κ3) is 4.61. The van der Waals surface area contributed by atoms with Gasteiger partial charge in [-0.15, -0.1) is 0 Å². The molecule has 1 N–H and O–H groups in total. The van der Waals surface area contributed by atoms with Crippen LogP contribution in [0.15, 0.2) is 42.5 Å². The van der Waals surface area contributed by atoms with E-state index in [9.17, 15) is 23.2 Å². The van der Waals surface area contributed by atoms with Crippen LogP contribution in [0.4, 0.5) is 8.78 Å². The first-order valence-electron chi connectivity index (χ1n) is 10.1. The fraction of sp³-hybridized carbons (Fsp3) is 0.348. The van der Waals surface area contributed by atoms with E-state index in [2.05, 4.69) is 5.32 Å². The fourth-order valence-corrected chi connectivity index (χ4v) is 4.35. The summed E-state index contributed by atoms with van der Waals surface area (Å²) in [6.07, 6.45) is 2.25. The van der Waals surface area contributed by atoms with Crippen molar-refractivity contribution in [3.05, 3.63) is 70.2 Å². The Labute approximate surface area is 184 Å². The zero-order chi connectivity index (χ0) is 22.6. The molecule has 164 valence electrons. The first-order valence-corrected chi connectivity index (χ1v) is 10.4. The van der Waals surface area contributed by atoms with Crippen molar-refractivity contribution in [2.75, 3.05) is 13.6 Å². The van der Waals surface area contributed by atoms with E-state index in [1.165, 1.54) is 4.90 Å². The van der Waals surface area contributed by atoms with Crippen LogP contribution >= 0.6 is 11.6 Å². The van der Waals surface area contributed by atoms with Crippen molar-refractivity contribution in [3.8, 4) is 0 Å². The Kier molecular flexibility index (Phi) is 7.05. The van der Waals surface area contributed by atoms with Crippen LogP contribution in [0.3, 0.4) is 0 Å². The number of halogens is 3. The van der Waals surface area contributed by atoms with Crippen molar-refractivity contribution in [1.82, 2.24) is 10.2 Å². The molecule has 2 aromatic carbocycles. The minimum atomic E-state index is -1.15. The van der Waals surface area contributed by atoms with E-state index in [1.54, 1.807) is 31.3 Å². The molecule has 1 aliphatic carbocycles. The molecule has 5 nitrogen and oxygen atoms in total. The Balaban J connectivity index is 1.73. The van der Waals surface area contributed by atoms with Crippen molar-refractivity contribution in [1.29, 1.82) is 0 Å². The second-order valence-electron chi connectivity index (χ2n) is 7.55. The van der Waals surface area contributed by atoms with Crippen LogP contribution in [0, 0.1) is 11.6 Å². The summed E-state index contributed by atoms with van der Waals surface area (Å²) < 4.78 is 26.8. The summed E-state index contributed by atoms with van der Waals surface area (Å²) in [5.74, 6) is -2.93. The summed E-state index contributed by atoms with van der Waals surface area (Å²) in [6.45, 7) is -0.0639. The predicted molar refractivity (Wildman–Crippen MR) is 113 cm³/mol. The highest BCUT2D eigenvalue weighted by Gasteiger charge is 2.47. The van der Waals surface area contributed by atoms with Crippen LogP contribution in [0.5, 0.6) is 0 Å². The molecule has 0 aliphatic heterocycles. The van der Waals surface area contributed by atoms with Gasteiger partial charge in [-0.3, -0.25) is 14.4 Å². The summed E-state index contributed by atoms with van der Waals surface area (Å²) in [5.41, 5.74) is -0.868. The Morgan fingerprint density at radius 3 is 2.58 bits per heavy atom. The molecule has 0 heterocycles. The minimum absolute atomic E-state index is 0.0639. The van der Waals surface area contributed by atoms with E-state index in [-0.39, 0.29) is 30.2 Å². The third-order valence-electron chi connectivity index (χ3n) is 5.72. The number of carbonyl (C=O) groups excluding carboxylic acids is 3. The maximum atomic E-state index is 13.8. The quantitative estimate of drug-likeness (QED) is 0.719. The summed E-state index contributed by atoms with van der Waals surface area (Å²) in [7, 11) is 1.57. The van der Waals surface area contributed by atoms with Crippen LogP contribution in [0.2, 0.25) is 5.02 Å². The van der Waals surface area contributed by atoms with Crippen molar-refractivity contribution >= 4 is 29.2 Å². The number of benzene rings is 2. The third-order valence-corrected chi connectivity index (χ3v) is 6.05. The van der Waals surface area contributed by atoms with Gasteiger partial charge in [-0.25, -0.2) is 8.78 Å². The van der Waals surface area contributed by atoms with Gasteiger partial charge in [-0.05, 0) is 37.5 Å². The number of ketones is 1. The molecular weight excluding hydrogens is 426 g/mol. The lowest BCUT2D eigenvalue weighted by Gasteiger charge is -2.44. The minimum Gasteiger partial charge on any atom is -0.351 e. The number of hydrogen-bond acceptors (Lipinski definition) is 3. The summed E-state index contributed by atoms with van der Waals surface area (Å²) in [6, 6.07) is 9.64. The number of Topliss-reactive ketones (excluding diaryl/α,β-unsaturated/α-hetero) is 1. The summed E-state index contributed by atoms with van der Waals surface area (Å²) in [4.78, 5) is 39.6. The maximum absolute atomic E-state index is 13.8. The molecule has 1 saturated carbocycles. The number of hydrogen-bond donors (Lipinski definition) is 1. The highest BCUT2D eigenvalue weighted by atomic mass is 35.5. The van der Waals surface area contributed by atoms with Gasteiger partial charge in [0.05, 0.1) is 5.56 Å². The van der Waals surface area contributed by atoms with E-state index in [0.29, 0.717) is 29.5 Å². The van der Waals surface area contributed by atoms with Gasteiger partial charge in [0, 0.05) is 43.1 Å². The van der Waals surface area contributed by atoms with Gasteiger partial charge >= 0.3 is 0 Å². The first kappa shape index (κ1) is 22.9. The molecule has 1 unspecified atom stereocenters. The molecule has 8 heteroatoms. The summed E-state index contributed by atoms with van der Waals surface area (Å²) in [5, 5.41) is 2.88. The van der Waals surface area contributed by atoms with Gasteiger partial charge in [0.2, 0.25) is 5.91 Å². The number of likely N-dealkylation sites (N-methyl/N-ethyl adjacent to an activating group) is 1. The van der Waals surface area contributed by atoms with Crippen LogP contribution in [0.1, 0.15) is 48.0 Å². The molecule has 0 aromatic heterocycles. The zero-order valence-electron chi connectivity index (χ0n) is 17.1. The summed E-state index contributed by atoms with van der Waals surface area (Å²) >= 11 is 6.39. The number of nitrogens with one attached hydrogen (secondary N) is 1. The smallest absolute Gasteiger partial charge is 0.254 e. The monoisotopic (exact) mass is 448 g/mol. The highest BCUT2D eigenvalue weighted by Crippen LogP contribution is 2.42. The van der Waals surface area contributed by atoms with Crippen molar-refractivity contribution in [2.24, 2.45) is 0 Å². The highest BCUT2D eigenvalue weighted by molar-refractivity contribution is 6.31. The van der Waals surface area contributed by atoms with Crippen molar-refractivity contribution in [3.63, 3.8) is 0 Å². The Bertz CT molecular complexity index is 1010. The number of rotatable bonds is 6. The average Bonchev–Trinajstić information content (AvgIpc) is 2.74. The van der Waals surface area contributed by atoms with E-state index in [1.807, 2.05) is 0 Å². The van der Waals surface area contributed by atoms with Gasteiger partial charge in [0.25, 0.3) is 5.91 Å². The molecule has 0 saturated heterocycles. The number of nitrogens with zero attached hydrogens (tertiary/aromatic N) is 1. The van der Waals surface area contributed by atoms with Crippen LogP contribution < -0.4 is 5.32 Å². The second kappa shape index (κ2) is 9.56. The van der Waals surface area contributed by atoms with Gasteiger partial charge in [-0.1, -0.05) is 29.8 Å². The number of carbonyl (C=O) groups is 3. The van der Waals surface area contributed by atoms with Gasteiger partial charge in [0.1, 0.15) is 17.2 Å². The second-order valence-corrected chi connectivity index (χ2v) is 7.96. The fourth-order valence-electron chi connectivity index (χ4n) is 4.06. The molecule has 2 amide bonds. The zero-order valence-corrected chi connectivity index (χ0v) is 17.8. The largest absolute Gasteiger partial charge is 0.351 e. The van der Waals surface area contributed by atoms with Crippen molar-refractivity contribution in [2.45, 2.75) is 37.6 Å². The molecule has 3 rings (SSSR count). The Morgan fingerprint density at radius 2 is 1.90 bits per heavy atom. The van der Waals surface area contributed by atoms with Crippen molar-refractivity contribution < 1.29 is 23.2 Å². The van der Waals surface area contributed by atoms with E-state index >= 15 is 0 Å². The van der Waals surface area contributed by atoms with E-state index in [0.717, 1.165) is 25.0 Å². The lowest BCUT2D eigenvalue weighted by molar-refractivity contribution is -0.148. The average molecular weight is 449 g/mol. The standard InChI is InChI=1S/C23H23ClF2N2O3/c1-28(21(30)11-13-27-22(31)16-10-9-15(25)14-19(16)26)23(12-5-4-8-20(23)29)17-6-2-3-7-18(17)24/h2-3,6-7,9-10,14H,4-5,8,11-13H2,1H3,(H,27,31). The van der Waals surface area contributed by atoms with Gasteiger partial charge < -0.3 is 10.2 Å². The SMILES string of the molecule is CN(C(=O)CCNC(=O)c1ccc(F)cc1F)C1(c2ccccc2Cl)CCCCC1=O. The maximum Gasteiger partial charge on any atom is 0.254 e. The topological polar surface area (TPSA) is 66.5 Å². The first-order chi connectivity index (χ1) is 14.8. The van der Waals surface area contributed by atoms with Crippen LogP contribution in [-0.2, 0) is 15.1 Å². The molecule has 0 bridgehead atoms. The van der Waals surface area contributed by atoms with E-state index in [4.69, 9.17) is 11.6 Å². The van der Waals surface area contributed by atoms with Gasteiger partial charge in [0.15, 0.2) is 5.78 Å². The van der Waals surface area contributed by atoms with Crippen LogP contribution in [0.25, 0.3) is 0 Å². The Morgan fingerprint density at radius 1 is 1.16 bits per heavy atom. The van der Waals surface area contributed by atoms with E-state index < -0.39 is 23.1 Å². The lowest BCUT2D eigenvalue weighted by atomic mass is 9.74. The molecule has 0 radical (unpaired) electrons. The lowest BCUT2D eigenvalue weighted by Crippen LogP contribution is -2.54. The van der Waals surface area contributed by atoms with Crippen LogP contribution in [-0.4, -0.2) is 36.1 Å². The molecule has 1 fully saturated rings. The predicted octanol–water partition coefficient (Wildman–Crippen LogP) is 4.24. The molecule has 0 spiro atoms. The molecule has 2 aromatic rings. The normalized spacial score (nSPS) is 18.5. The molecule has 31 heavy (non-hydrogen) atoms. The molecule has 1 aliphatic rings. The molecule has 1 atom stereocenters. The Hall–Kier alpha value is -2.80.